The summed E-state index contributed by atoms with van der Waals surface area (Å²) < 4.78 is 30.4. The highest BCUT2D eigenvalue weighted by molar-refractivity contribution is 5.75. The summed E-state index contributed by atoms with van der Waals surface area (Å²) in [6.45, 7) is 0. The van der Waals surface area contributed by atoms with Crippen LogP contribution in [0.3, 0.4) is 0 Å². The fourth-order valence-corrected chi connectivity index (χ4v) is 6.54. The Morgan fingerprint density at radius 3 is 0.833 bits per heavy atom. The van der Waals surface area contributed by atoms with Crippen LogP contribution in [-0.2, 0) is 43.0 Å². The number of hydrogen-bond acceptors (Lipinski definition) is 12. The molecule has 3 aromatic rings. The summed E-state index contributed by atoms with van der Waals surface area (Å²) in [4.78, 5) is 71.1. The topological polar surface area (TPSA) is 158 Å². The fraction of sp³-hybridized carbons (Fsp3) is 0.429. The van der Waals surface area contributed by atoms with Gasteiger partial charge in [-0.1, -0.05) is 36.4 Å². The first-order valence-corrected chi connectivity index (χ1v) is 18.2. The molecule has 1 aliphatic rings. The normalized spacial score (nSPS) is 16.4. The van der Waals surface area contributed by atoms with E-state index in [-0.39, 0.29) is 74.2 Å². The highest BCUT2D eigenvalue weighted by atomic mass is 16.5. The molecule has 12 heteroatoms. The molecule has 1 saturated carbocycles. The third-order valence-corrected chi connectivity index (χ3v) is 9.43. The van der Waals surface area contributed by atoms with Gasteiger partial charge in [0.15, 0.2) is 0 Å². The van der Waals surface area contributed by atoms with Gasteiger partial charge in [0.1, 0.15) is 17.2 Å². The van der Waals surface area contributed by atoms with E-state index in [0.29, 0.717) is 36.5 Å². The second-order valence-corrected chi connectivity index (χ2v) is 13.2. The molecule has 1 aliphatic carbocycles. The van der Waals surface area contributed by atoms with E-state index in [0.717, 1.165) is 36.0 Å². The Morgan fingerprint density at radius 1 is 0.389 bits per heavy atom. The molecule has 54 heavy (non-hydrogen) atoms. The molecule has 0 aliphatic heterocycles. The molecule has 0 heterocycles. The van der Waals surface area contributed by atoms with Crippen LogP contribution in [0.4, 0.5) is 0 Å². The minimum Gasteiger partial charge on any atom is -0.469 e. The molecule has 0 aromatic heterocycles. The molecule has 0 amide bonds. The van der Waals surface area contributed by atoms with Crippen molar-refractivity contribution in [1.82, 2.24) is 0 Å². The Kier molecular flexibility index (Phi) is 16.2. The van der Waals surface area contributed by atoms with Crippen LogP contribution >= 0.6 is 0 Å². The summed E-state index contributed by atoms with van der Waals surface area (Å²) in [6.07, 6.45) is 4.34. The number of carbonyl (C=O) groups excluding carboxylic acids is 6. The Labute approximate surface area is 315 Å². The summed E-state index contributed by atoms with van der Waals surface area (Å²) in [5.41, 5.74) is 3.31. The molecule has 0 atom stereocenters. The van der Waals surface area contributed by atoms with Gasteiger partial charge in [-0.2, -0.15) is 0 Å². The van der Waals surface area contributed by atoms with Crippen molar-refractivity contribution >= 4 is 35.8 Å². The highest BCUT2D eigenvalue weighted by Gasteiger charge is 2.32. The zero-order valence-corrected chi connectivity index (χ0v) is 31.0. The highest BCUT2D eigenvalue weighted by Crippen LogP contribution is 2.48. The summed E-state index contributed by atoms with van der Waals surface area (Å²) in [5.74, 6) is -0.603. The van der Waals surface area contributed by atoms with Crippen LogP contribution in [0.2, 0.25) is 0 Å². The average molecular weight is 745 g/mol. The van der Waals surface area contributed by atoms with E-state index in [1.54, 1.807) is 36.4 Å². The van der Waals surface area contributed by atoms with Gasteiger partial charge in [-0.05, 0) is 109 Å². The maximum atomic E-state index is 12.3. The molecule has 4 rings (SSSR count). The third-order valence-electron chi connectivity index (χ3n) is 9.43. The predicted octanol–water partition coefficient (Wildman–Crippen LogP) is 7.27. The van der Waals surface area contributed by atoms with Gasteiger partial charge in [0.2, 0.25) is 0 Å². The van der Waals surface area contributed by atoms with Crippen LogP contribution in [0.1, 0.15) is 111 Å². The standard InChI is InChI=1S/C42H48O12/c1-49-37(43)7-4-10-40(46)52-34-19-13-28(14-20-34)31-25-32(29-15-21-35(22-16-29)53-41(47)11-5-8-38(44)50-2)27-33(26-31)30-17-23-36(24-18-30)54-42(48)12-6-9-39(45)51-3/h13-24,31-33H,4-12,25-27H2,1-3H3. The third kappa shape index (κ3) is 13.5. The number of methoxy groups -OCH3 is 3. The molecule has 0 bridgehead atoms. The Bertz CT molecular complexity index is 1500. The Morgan fingerprint density at radius 2 is 0.611 bits per heavy atom. The zero-order valence-electron chi connectivity index (χ0n) is 31.0. The Balaban J connectivity index is 1.45. The number of carbonyl (C=O) groups is 6. The van der Waals surface area contributed by atoms with E-state index in [4.69, 9.17) is 14.2 Å². The van der Waals surface area contributed by atoms with Crippen molar-refractivity contribution in [3.63, 3.8) is 0 Å². The first kappa shape index (κ1) is 41.2. The number of rotatable bonds is 18. The molecule has 1 fully saturated rings. The van der Waals surface area contributed by atoms with Gasteiger partial charge < -0.3 is 28.4 Å². The van der Waals surface area contributed by atoms with Crippen LogP contribution in [-0.4, -0.2) is 57.1 Å². The van der Waals surface area contributed by atoms with Crippen molar-refractivity contribution in [3.05, 3.63) is 89.5 Å². The largest absolute Gasteiger partial charge is 0.469 e. The molecular formula is C42H48O12. The van der Waals surface area contributed by atoms with Crippen molar-refractivity contribution in [3.8, 4) is 17.2 Å². The first-order chi connectivity index (χ1) is 26.1. The lowest BCUT2D eigenvalue weighted by molar-refractivity contribution is -0.142. The van der Waals surface area contributed by atoms with Crippen LogP contribution in [0.25, 0.3) is 0 Å². The maximum absolute atomic E-state index is 12.3. The van der Waals surface area contributed by atoms with Gasteiger partial charge >= 0.3 is 35.8 Å². The summed E-state index contributed by atoms with van der Waals surface area (Å²) in [6, 6.07) is 22.6. The van der Waals surface area contributed by atoms with Crippen molar-refractivity contribution in [2.24, 2.45) is 0 Å². The second-order valence-electron chi connectivity index (χ2n) is 13.2. The molecule has 0 N–H and O–H groups in total. The van der Waals surface area contributed by atoms with Crippen molar-refractivity contribution in [2.75, 3.05) is 21.3 Å². The van der Waals surface area contributed by atoms with E-state index in [1.165, 1.54) is 21.3 Å². The zero-order chi connectivity index (χ0) is 38.9. The Hall–Kier alpha value is -5.52. The van der Waals surface area contributed by atoms with Crippen molar-refractivity contribution in [1.29, 1.82) is 0 Å². The van der Waals surface area contributed by atoms with Gasteiger partial charge in [0.25, 0.3) is 0 Å². The van der Waals surface area contributed by atoms with E-state index < -0.39 is 17.9 Å². The van der Waals surface area contributed by atoms with Gasteiger partial charge in [-0.15, -0.1) is 0 Å². The van der Waals surface area contributed by atoms with Crippen LogP contribution in [0.15, 0.2) is 72.8 Å². The van der Waals surface area contributed by atoms with E-state index >= 15 is 0 Å². The smallest absolute Gasteiger partial charge is 0.311 e. The quantitative estimate of drug-likeness (QED) is 0.0730. The number of ether oxygens (including phenoxy) is 6. The average Bonchev–Trinajstić information content (AvgIpc) is 3.18. The van der Waals surface area contributed by atoms with Crippen LogP contribution < -0.4 is 14.2 Å². The molecule has 0 spiro atoms. The number of benzene rings is 3. The monoisotopic (exact) mass is 744 g/mol. The van der Waals surface area contributed by atoms with Crippen LogP contribution in [0.5, 0.6) is 17.2 Å². The SMILES string of the molecule is COC(=O)CCCC(=O)Oc1ccc(C2CC(c3ccc(OC(=O)CCCC(=O)OC)cc3)CC(c3ccc(OC(=O)CCCC(=O)OC)cc3)C2)cc1. The lowest BCUT2D eigenvalue weighted by Crippen LogP contribution is -2.20. The molecular weight excluding hydrogens is 696 g/mol. The van der Waals surface area contributed by atoms with Gasteiger partial charge in [0, 0.05) is 38.5 Å². The lowest BCUT2D eigenvalue weighted by Gasteiger charge is -2.36. The maximum Gasteiger partial charge on any atom is 0.311 e. The van der Waals surface area contributed by atoms with Gasteiger partial charge in [-0.3, -0.25) is 28.8 Å². The minimum atomic E-state index is -0.421. The number of esters is 6. The van der Waals surface area contributed by atoms with Gasteiger partial charge in [-0.25, -0.2) is 0 Å². The minimum absolute atomic E-state index is 0.101. The summed E-state index contributed by atoms with van der Waals surface area (Å²) >= 11 is 0. The first-order valence-electron chi connectivity index (χ1n) is 18.2. The second kappa shape index (κ2) is 21.2. The molecule has 0 radical (unpaired) electrons. The van der Waals surface area contributed by atoms with Gasteiger partial charge in [0.05, 0.1) is 21.3 Å². The molecule has 0 saturated heterocycles. The predicted molar refractivity (Wildman–Crippen MR) is 196 cm³/mol. The molecule has 12 nitrogen and oxygen atoms in total. The van der Waals surface area contributed by atoms with E-state index in [9.17, 15) is 28.8 Å². The summed E-state index contributed by atoms with van der Waals surface area (Å²) in [5, 5.41) is 0. The molecule has 0 unspecified atom stereocenters. The molecule has 3 aromatic carbocycles. The lowest BCUT2D eigenvalue weighted by atomic mass is 9.68. The molecule has 288 valence electrons. The number of hydrogen-bond donors (Lipinski definition) is 0. The van der Waals surface area contributed by atoms with E-state index in [2.05, 4.69) is 14.2 Å². The summed E-state index contributed by atoms with van der Waals surface area (Å²) in [7, 11) is 3.93. The fourth-order valence-electron chi connectivity index (χ4n) is 6.54. The van der Waals surface area contributed by atoms with Crippen molar-refractivity contribution in [2.45, 2.75) is 94.8 Å². The van der Waals surface area contributed by atoms with Crippen molar-refractivity contribution < 1.29 is 57.2 Å². The van der Waals surface area contributed by atoms with Crippen LogP contribution in [0, 0.1) is 0 Å². The van der Waals surface area contributed by atoms with E-state index in [1.807, 2.05) is 36.4 Å².